The number of hydrazone groups is 1. The number of fused-ring (bicyclic) bond motifs is 1. The molecule has 2 aromatic carbocycles. The lowest BCUT2D eigenvalue weighted by atomic mass is 10.1. The molecule has 6 nitrogen and oxygen atoms in total. The third kappa shape index (κ3) is 4.04. The molecule has 0 fully saturated rings. The van der Waals surface area contributed by atoms with Crippen molar-refractivity contribution in [3.05, 3.63) is 81.7 Å². The number of nitrogens with one attached hydrogen (secondary N) is 1. The van der Waals surface area contributed by atoms with Crippen LogP contribution >= 0.6 is 0 Å². The molecule has 0 aliphatic rings. The number of nitrogens with zero attached hydrogens (tertiary/aromatic N) is 1. The minimum absolute atomic E-state index is 0.207. The van der Waals surface area contributed by atoms with E-state index in [4.69, 9.17) is 10.2 Å². The van der Waals surface area contributed by atoms with Gasteiger partial charge in [-0.15, -0.1) is 0 Å². The van der Waals surface area contributed by atoms with Crippen LogP contribution in [0.25, 0.3) is 11.0 Å². The first-order valence-electron chi connectivity index (χ1n) is 8.19. The van der Waals surface area contributed by atoms with Gasteiger partial charge in [-0.25, -0.2) is 5.43 Å². The highest BCUT2D eigenvalue weighted by molar-refractivity contribution is 5.88. The summed E-state index contributed by atoms with van der Waals surface area (Å²) in [5.74, 6) is -0.425. The minimum Gasteiger partial charge on any atom is -0.463 e. The standard InChI is InChI=1S/C20H19N3O3/c1-13-7-8-18-16(9-13)19(24)15(12-26-18)11-22-23-20(25)17(21)10-14-5-3-2-4-6-14/h2-9,11-12,17H,10,21H2,1H3,(H,23,25)/t17-/m0/s1. The Hall–Kier alpha value is -3.25. The summed E-state index contributed by atoms with van der Waals surface area (Å²) in [6, 6.07) is 14.1. The van der Waals surface area contributed by atoms with Crippen molar-refractivity contribution in [3.8, 4) is 0 Å². The van der Waals surface area contributed by atoms with E-state index in [1.54, 1.807) is 12.1 Å². The molecule has 26 heavy (non-hydrogen) atoms. The molecule has 6 heteroatoms. The van der Waals surface area contributed by atoms with Crippen LogP contribution < -0.4 is 16.6 Å². The number of hydrogen-bond acceptors (Lipinski definition) is 5. The molecule has 0 saturated heterocycles. The lowest BCUT2D eigenvalue weighted by Crippen LogP contribution is -2.40. The lowest BCUT2D eigenvalue weighted by molar-refractivity contribution is -0.122. The maximum Gasteiger partial charge on any atom is 0.257 e. The highest BCUT2D eigenvalue weighted by Crippen LogP contribution is 2.12. The maximum atomic E-state index is 12.4. The molecule has 0 radical (unpaired) electrons. The smallest absolute Gasteiger partial charge is 0.257 e. The predicted octanol–water partition coefficient (Wildman–Crippen LogP) is 2.12. The van der Waals surface area contributed by atoms with Gasteiger partial charge in [0, 0.05) is 0 Å². The van der Waals surface area contributed by atoms with Crippen molar-refractivity contribution in [2.45, 2.75) is 19.4 Å². The van der Waals surface area contributed by atoms with E-state index >= 15 is 0 Å². The molecule has 0 unspecified atom stereocenters. The predicted molar refractivity (Wildman–Crippen MR) is 101 cm³/mol. The van der Waals surface area contributed by atoms with Crippen LogP contribution in [0, 0.1) is 6.92 Å². The highest BCUT2D eigenvalue weighted by Gasteiger charge is 2.13. The van der Waals surface area contributed by atoms with Crippen molar-refractivity contribution < 1.29 is 9.21 Å². The largest absolute Gasteiger partial charge is 0.463 e. The Morgan fingerprint density at radius 3 is 2.81 bits per heavy atom. The van der Waals surface area contributed by atoms with Gasteiger partial charge < -0.3 is 10.2 Å². The molecule has 0 aliphatic heterocycles. The van der Waals surface area contributed by atoms with Gasteiger partial charge in [-0.05, 0) is 31.0 Å². The van der Waals surface area contributed by atoms with Crippen LogP contribution in [0.2, 0.25) is 0 Å². The summed E-state index contributed by atoms with van der Waals surface area (Å²) in [5, 5.41) is 4.30. The normalized spacial score (nSPS) is 12.4. The Morgan fingerprint density at radius 1 is 1.27 bits per heavy atom. The van der Waals surface area contributed by atoms with E-state index in [1.807, 2.05) is 43.3 Å². The zero-order valence-corrected chi connectivity index (χ0v) is 14.3. The third-order valence-corrected chi connectivity index (χ3v) is 3.97. The summed E-state index contributed by atoms with van der Waals surface area (Å²) in [4.78, 5) is 24.5. The van der Waals surface area contributed by atoms with E-state index in [1.165, 1.54) is 12.5 Å². The number of carbonyl (C=O) groups excluding carboxylic acids is 1. The molecular formula is C20H19N3O3. The van der Waals surface area contributed by atoms with Gasteiger partial charge in [-0.2, -0.15) is 5.10 Å². The molecule has 0 bridgehead atoms. The van der Waals surface area contributed by atoms with Crippen LogP contribution in [0.4, 0.5) is 0 Å². The van der Waals surface area contributed by atoms with Crippen LogP contribution in [0.15, 0.2) is 69.1 Å². The van der Waals surface area contributed by atoms with Crippen molar-refractivity contribution in [2.24, 2.45) is 10.8 Å². The quantitative estimate of drug-likeness (QED) is 0.544. The fraction of sp³-hybridized carbons (Fsp3) is 0.150. The van der Waals surface area contributed by atoms with Gasteiger partial charge in [0.05, 0.1) is 23.2 Å². The zero-order valence-electron chi connectivity index (χ0n) is 14.3. The van der Waals surface area contributed by atoms with Crippen LogP contribution in [0.5, 0.6) is 0 Å². The van der Waals surface area contributed by atoms with Crippen molar-refractivity contribution in [2.75, 3.05) is 0 Å². The van der Waals surface area contributed by atoms with Crippen molar-refractivity contribution >= 4 is 23.1 Å². The van der Waals surface area contributed by atoms with E-state index < -0.39 is 11.9 Å². The van der Waals surface area contributed by atoms with Crippen molar-refractivity contribution in [3.63, 3.8) is 0 Å². The molecule has 3 rings (SSSR count). The van der Waals surface area contributed by atoms with Crippen LogP contribution in [0.3, 0.4) is 0 Å². The summed E-state index contributed by atoms with van der Waals surface area (Å²) in [5.41, 5.74) is 10.7. The highest BCUT2D eigenvalue weighted by atomic mass is 16.3. The SMILES string of the molecule is Cc1ccc2occ(C=NNC(=O)[C@@H](N)Cc3ccccc3)c(=O)c2c1. The molecule has 0 spiro atoms. The van der Waals surface area contributed by atoms with Gasteiger partial charge in [0.1, 0.15) is 11.8 Å². The summed E-state index contributed by atoms with van der Waals surface area (Å²) in [7, 11) is 0. The Labute approximate surface area is 150 Å². The topological polar surface area (TPSA) is 97.7 Å². The molecule has 132 valence electrons. The Morgan fingerprint density at radius 2 is 2.04 bits per heavy atom. The van der Waals surface area contributed by atoms with E-state index in [-0.39, 0.29) is 11.0 Å². The van der Waals surface area contributed by atoms with Crippen LogP contribution in [-0.2, 0) is 11.2 Å². The van der Waals surface area contributed by atoms with Crippen molar-refractivity contribution in [1.82, 2.24) is 5.43 Å². The molecule has 0 saturated carbocycles. The number of nitrogens with two attached hydrogens (primary N) is 1. The number of hydrogen-bond donors (Lipinski definition) is 2. The fourth-order valence-electron chi connectivity index (χ4n) is 2.56. The minimum atomic E-state index is -0.731. The summed E-state index contributed by atoms with van der Waals surface area (Å²) in [6.45, 7) is 1.90. The number of rotatable bonds is 5. The third-order valence-electron chi connectivity index (χ3n) is 3.97. The molecule has 1 heterocycles. The van der Waals surface area contributed by atoms with Gasteiger partial charge in [-0.3, -0.25) is 9.59 Å². The van der Waals surface area contributed by atoms with Gasteiger partial charge in [0.15, 0.2) is 0 Å². The Balaban J connectivity index is 1.68. The molecular weight excluding hydrogens is 330 g/mol. The van der Waals surface area contributed by atoms with E-state index in [0.717, 1.165) is 11.1 Å². The van der Waals surface area contributed by atoms with Gasteiger partial charge >= 0.3 is 0 Å². The monoisotopic (exact) mass is 349 g/mol. The summed E-state index contributed by atoms with van der Waals surface area (Å²) < 4.78 is 5.43. The Bertz CT molecular complexity index is 1010. The molecule has 1 aromatic heterocycles. The first-order chi connectivity index (χ1) is 12.5. The maximum absolute atomic E-state index is 12.4. The number of aryl methyl sites for hydroxylation is 1. The second-order valence-corrected chi connectivity index (χ2v) is 6.05. The van der Waals surface area contributed by atoms with E-state index in [2.05, 4.69) is 10.5 Å². The molecule has 3 aromatic rings. The average Bonchev–Trinajstić information content (AvgIpc) is 2.64. The second-order valence-electron chi connectivity index (χ2n) is 6.05. The van der Waals surface area contributed by atoms with E-state index in [0.29, 0.717) is 17.4 Å². The zero-order chi connectivity index (χ0) is 18.5. The van der Waals surface area contributed by atoms with Gasteiger partial charge in [0.2, 0.25) is 5.43 Å². The van der Waals surface area contributed by atoms with Crippen LogP contribution in [0.1, 0.15) is 16.7 Å². The number of benzene rings is 2. The summed E-state index contributed by atoms with van der Waals surface area (Å²) >= 11 is 0. The molecule has 1 atom stereocenters. The average molecular weight is 349 g/mol. The first-order valence-corrected chi connectivity index (χ1v) is 8.19. The summed E-state index contributed by atoms with van der Waals surface area (Å²) in [6.07, 6.45) is 2.99. The second kappa shape index (κ2) is 7.76. The molecule has 3 N–H and O–H groups in total. The van der Waals surface area contributed by atoms with Crippen LogP contribution in [-0.4, -0.2) is 18.2 Å². The van der Waals surface area contributed by atoms with Crippen molar-refractivity contribution in [1.29, 1.82) is 0 Å². The fourth-order valence-corrected chi connectivity index (χ4v) is 2.56. The number of amides is 1. The molecule has 1 amide bonds. The van der Waals surface area contributed by atoms with E-state index in [9.17, 15) is 9.59 Å². The Kier molecular flexibility index (Phi) is 5.24. The van der Waals surface area contributed by atoms with Gasteiger partial charge in [0.25, 0.3) is 5.91 Å². The lowest BCUT2D eigenvalue weighted by Gasteiger charge is -2.09. The van der Waals surface area contributed by atoms with Gasteiger partial charge in [-0.1, -0.05) is 42.0 Å². The molecule has 0 aliphatic carbocycles. The number of carbonyl (C=O) groups is 1. The first kappa shape index (κ1) is 17.6.